The third-order valence-corrected chi connectivity index (χ3v) is 2.98. The lowest BCUT2D eigenvalue weighted by Crippen LogP contribution is -1.99. The Labute approximate surface area is 106 Å². The van der Waals surface area contributed by atoms with Gasteiger partial charge in [0.2, 0.25) is 0 Å². The van der Waals surface area contributed by atoms with Crippen molar-refractivity contribution >= 4 is 21.7 Å². The molecule has 0 aliphatic heterocycles. The van der Waals surface area contributed by atoms with E-state index < -0.39 is 11.6 Å². The van der Waals surface area contributed by atoms with Crippen LogP contribution < -0.4 is 5.73 Å². The molecule has 17 heavy (non-hydrogen) atoms. The van der Waals surface area contributed by atoms with Gasteiger partial charge in [-0.1, -0.05) is 0 Å². The number of nitrogens with zero attached hydrogens (tertiary/aromatic N) is 1. The third-order valence-electron chi connectivity index (χ3n) is 2.37. The van der Waals surface area contributed by atoms with Crippen molar-refractivity contribution in [3.8, 4) is 0 Å². The average molecular weight is 299 g/mol. The van der Waals surface area contributed by atoms with E-state index in [9.17, 15) is 8.78 Å². The summed E-state index contributed by atoms with van der Waals surface area (Å²) in [5.74, 6) is -0.820. The topological polar surface area (TPSA) is 38.9 Å². The fraction of sp³-hybridized carbons (Fsp3) is 0.0833. The van der Waals surface area contributed by atoms with Gasteiger partial charge in [0.1, 0.15) is 17.5 Å². The lowest BCUT2D eigenvalue weighted by molar-refractivity contribution is 0.557. The van der Waals surface area contributed by atoms with Gasteiger partial charge in [0.25, 0.3) is 0 Å². The first-order valence-corrected chi connectivity index (χ1v) is 5.70. The van der Waals surface area contributed by atoms with Crippen molar-refractivity contribution < 1.29 is 8.78 Å². The second kappa shape index (κ2) is 4.79. The Morgan fingerprint density at radius 1 is 1.24 bits per heavy atom. The Kier molecular flexibility index (Phi) is 3.38. The maximum absolute atomic E-state index is 13.7. The minimum atomic E-state index is -0.583. The number of aromatic nitrogens is 1. The molecule has 2 aromatic rings. The number of halogens is 3. The molecular weight excluding hydrogens is 290 g/mol. The van der Waals surface area contributed by atoms with Crippen molar-refractivity contribution in [2.75, 3.05) is 5.73 Å². The Morgan fingerprint density at radius 2 is 2.00 bits per heavy atom. The molecule has 0 amide bonds. The third kappa shape index (κ3) is 2.61. The van der Waals surface area contributed by atoms with Crippen molar-refractivity contribution in [3.63, 3.8) is 0 Å². The maximum Gasteiger partial charge on any atom is 0.143 e. The lowest BCUT2D eigenvalue weighted by Gasteiger charge is -2.07. The summed E-state index contributed by atoms with van der Waals surface area (Å²) in [6.07, 6.45) is 1.66. The summed E-state index contributed by atoms with van der Waals surface area (Å²) in [6.45, 7) is 0. The molecule has 2 N–H and O–H groups in total. The molecule has 0 saturated heterocycles. The highest BCUT2D eigenvalue weighted by molar-refractivity contribution is 9.10. The van der Waals surface area contributed by atoms with Gasteiger partial charge in [-0.25, -0.2) is 13.8 Å². The first kappa shape index (κ1) is 12.0. The highest BCUT2D eigenvalue weighted by Gasteiger charge is 2.12. The average Bonchev–Trinajstić information content (AvgIpc) is 2.30. The van der Waals surface area contributed by atoms with E-state index >= 15 is 0 Å². The van der Waals surface area contributed by atoms with Crippen LogP contribution in [0, 0.1) is 11.6 Å². The van der Waals surface area contributed by atoms with E-state index in [1.54, 1.807) is 12.1 Å². The number of rotatable bonds is 2. The number of hydrogen-bond acceptors (Lipinski definition) is 2. The molecule has 1 aromatic carbocycles. The first-order valence-electron chi connectivity index (χ1n) is 4.90. The number of nitrogens with two attached hydrogens (primary N) is 1. The van der Waals surface area contributed by atoms with E-state index in [0.29, 0.717) is 11.4 Å². The van der Waals surface area contributed by atoms with E-state index in [2.05, 4.69) is 20.9 Å². The molecule has 0 atom stereocenters. The van der Waals surface area contributed by atoms with Crippen LogP contribution in [-0.4, -0.2) is 4.98 Å². The van der Waals surface area contributed by atoms with Gasteiger partial charge in [-0.2, -0.15) is 0 Å². The van der Waals surface area contributed by atoms with Crippen molar-refractivity contribution in [3.05, 3.63) is 57.7 Å². The first-order chi connectivity index (χ1) is 8.08. The van der Waals surface area contributed by atoms with E-state index in [4.69, 9.17) is 5.73 Å². The Hall–Kier alpha value is -1.49. The second-order valence-electron chi connectivity index (χ2n) is 3.59. The van der Waals surface area contributed by atoms with E-state index in [1.807, 2.05) is 0 Å². The van der Waals surface area contributed by atoms with Gasteiger partial charge in [-0.05, 0) is 45.8 Å². The van der Waals surface area contributed by atoms with E-state index in [0.717, 1.165) is 0 Å². The zero-order valence-corrected chi connectivity index (χ0v) is 10.3. The lowest BCUT2D eigenvalue weighted by atomic mass is 10.0. The molecule has 0 bridgehead atoms. The monoisotopic (exact) mass is 298 g/mol. The Balaban J connectivity index is 2.39. The van der Waals surface area contributed by atoms with Gasteiger partial charge < -0.3 is 5.73 Å². The fourth-order valence-corrected chi connectivity index (χ4v) is 1.91. The predicted octanol–water partition coefficient (Wildman–Crippen LogP) is 3.30. The zero-order chi connectivity index (χ0) is 12.4. The van der Waals surface area contributed by atoms with Gasteiger partial charge in [0, 0.05) is 18.2 Å². The zero-order valence-electron chi connectivity index (χ0n) is 8.75. The molecule has 0 aliphatic rings. The van der Waals surface area contributed by atoms with Crippen LogP contribution in [0.25, 0.3) is 0 Å². The molecule has 5 heteroatoms. The van der Waals surface area contributed by atoms with Crippen LogP contribution in [0.2, 0.25) is 0 Å². The Morgan fingerprint density at radius 3 is 2.71 bits per heavy atom. The summed E-state index contributed by atoms with van der Waals surface area (Å²) < 4.78 is 27.5. The summed E-state index contributed by atoms with van der Waals surface area (Å²) in [7, 11) is 0. The normalized spacial score (nSPS) is 10.5. The summed E-state index contributed by atoms with van der Waals surface area (Å²) in [5.41, 5.74) is 6.24. The predicted molar refractivity (Wildman–Crippen MR) is 65.5 cm³/mol. The van der Waals surface area contributed by atoms with Crippen molar-refractivity contribution in [1.29, 1.82) is 0 Å². The van der Waals surface area contributed by atoms with Crippen LogP contribution in [0.1, 0.15) is 11.1 Å². The number of anilines is 1. The fourth-order valence-electron chi connectivity index (χ4n) is 1.54. The molecule has 0 fully saturated rings. The summed E-state index contributed by atoms with van der Waals surface area (Å²) >= 11 is 3.03. The molecule has 88 valence electrons. The van der Waals surface area contributed by atoms with Crippen LogP contribution >= 0.6 is 15.9 Å². The number of pyridine rings is 1. The van der Waals surface area contributed by atoms with Gasteiger partial charge in [0.15, 0.2) is 0 Å². The highest BCUT2D eigenvalue weighted by atomic mass is 79.9. The largest absolute Gasteiger partial charge is 0.384 e. The van der Waals surface area contributed by atoms with Gasteiger partial charge in [0.05, 0.1) is 4.47 Å². The quantitative estimate of drug-likeness (QED) is 0.864. The van der Waals surface area contributed by atoms with E-state index in [-0.39, 0.29) is 16.5 Å². The van der Waals surface area contributed by atoms with Crippen molar-refractivity contribution in [1.82, 2.24) is 4.98 Å². The molecule has 0 spiro atoms. The summed E-state index contributed by atoms with van der Waals surface area (Å²) in [4.78, 5) is 3.82. The van der Waals surface area contributed by atoms with Crippen LogP contribution in [0.3, 0.4) is 0 Å². The van der Waals surface area contributed by atoms with E-state index in [1.165, 1.54) is 18.3 Å². The van der Waals surface area contributed by atoms with Crippen LogP contribution in [-0.2, 0) is 6.42 Å². The SMILES string of the molecule is Nc1cc(Cc2c(F)ccc(Br)c2F)ccn1. The number of hydrogen-bond donors (Lipinski definition) is 1. The highest BCUT2D eigenvalue weighted by Crippen LogP contribution is 2.24. The van der Waals surface area contributed by atoms with Crippen molar-refractivity contribution in [2.45, 2.75) is 6.42 Å². The second-order valence-corrected chi connectivity index (χ2v) is 4.44. The van der Waals surface area contributed by atoms with Crippen LogP contribution in [0.4, 0.5) is 14.6 Å². The van der Waals surface area contributed by atoms with Crippen LogP contribution in [0.15, 0.2) is 34.9 Å². The standard InChI is InChI=1S/C12H9BrF2N2/c13-9-1-2-10(14)8(12(9)15)5-7-3-4-17-11(16)6-7/h1-4,6H,5H2,(H2,16,17). The molecular formula is C12H9BrF2N2. The molecule has 0 radical (unpaired) electrons. The molecule has 1 aromatic heterocycles. The smallest absolute Gasteiger partial charge is 0.143 e. The molecule has 0 unspecified atom stereocenters. The van der Waals surface area contributed by atoms with Gasteiger partial charge in [-0.3, -0.25) is 0 Å². The van der Waals surface area contributed by atoms with Crippen LogP contribution in [0.5, 0.6) is 0 Å². The number of nitrogen functional groups attached to an aromatic ring is 1. The molecule has 2 rings (SSSR count). The molecule has 0 aliphatic carbocycles. The minimum Gasteiger partial charge on any atom is -0.384 e. The summed E-state index contributed by atoms with van der Waals surface area (Å²) in [6, 6.07) is 5.85. The summed E-state index contributed by atoms with van der Waals surface area (Å²) in [5, 5.41) is 0. The van der Waals surface area contributed by atoms with Gasteiger partial charge >= 0.3 is 0 Å². The minimum absolute atomic E-state index is 0.0185. The molecule has 0 saturated carbocycles. The number of benzene rings is 1. The Bertz CT molecular complexity index is 558. The molecule has 2 nitrogen and oxygen atoms in total. The van der Waals surface area contributed by atoms with Gasteiger partial charge in [-0.15, -0.1) is 0 Å². The molecule has 1 heterocycles. The maximum atomic E-state index is 13.7. The van der Waals surface area contributed by atoms with Crippen molar-refractivity contribution in [2.24, 2.45) is 0 Å².